The van der Waals surface area contributed by atoms with Crippen molar-refractivity contribution in [1.82, 2.24) is 0 Å². The predicted molar refractivity (Wildman–Crippen MR) is 325 cm³/mol. The van der Waals surface area contributed by atoms with Crippen molar-refractivity contribution in [2.45, 2.75) is 258 Å². The van der Waals surface area contributed by atoms with Crippen LogP contribution in [0.15, 0.2) is 146 Å². The minimum Gasteiger partial charge on any atom is -0.462 e. The topological polar surface area (TPSA) is 78.9 Å². The van der Waals surface area contributed by atoms with E-state index in [9.17, 15) is 14.4 Å². The molecule has 6 nitrogen and oxygen atoms in total. The first-order chi connectivity index (χ1) is 37.0. The van der Waals surface area contributed by atoms with Crippen LogP contribution in [0.5, 0.6) is 0 Å². The van der Waals surface area contributed by atoms with Crippen LogP contribution < -0.4 is 0 Å². The van der Waals surface area contributed by atoms with Crippen molar-refractivity contribution in [2.75, 3.05) is 13.2 Å². The van der Waals surface area contributed by atoms with E-state index in [2.05, 4.69) is 154 Å². The molecule has 0 spiro atoms. The maximum absolute atomic E-state index is 12.9. The molecule has 0 aromatic heterocycles. The van der Waals surface area contributed by atoms with Gasteiger partial charge in [-0.2, -0.15) is 0 Å². The second kappa shape index (κ2) is 61.8. The van der Waals surface area contributed by atoms with Gasteiger partial charge in [-0.25, -0.2) is 0 Å². The lowest BCUT2D eigenvalue weighted by molar-refractivity contribution is -0.166. The van der Waals surface area contributed by atoms with Gasteiger partial charge in [0, 0.05) is 19.3 Å². The van der Waals surface area contributed by atoms with Crippen LogP contribution in [0.3, 0.4) is 0 Å². The Balaban J connectivity index is 4.42. The SMILES string of the molecule is CC/C=C\C/C=C\C/C=C\C/C=C\C/C=C\C/C=C\C/C=C\C/C=C\CCCCCCC(=O)OCC(COC(=O)CC/C=C\C/C=C\C/C=C\C/C=C\CC)OC(=O)CCCCCCCCCCCCCCCCC. The molecule has 0 heterocycles. The van der Waals surface area contributed by atoms with Crippen molar-refractivity contribution in [2.24, 2.45) is 0 Å². The molecule has 0 fully saturated rings. The Kier molecular flexibility index (Phi) is 58.0. The lowest BCUT2D eigenvalue weighted by atomic mass is 10.0. The highest BCUT2D eigenvalue weighted by Crippen LogP contribution is 2.15. The zero-order chi connectivity index (χ0) is 54.3. The molecule has 0 amide bonds. The summed E-state index contributed by atoms with van der Waals surface area (Å²) in [5.74, 6) is -1.03. The van der Waals surface area contributed by atoms with E-state index in [1.165, 1.54) is 77.0 Å². The number of rotatable bonds is 53. The number of carbonyl (C=O) groups excluding carboxylic acids is 3. The number of carbonyl (C=O) groups is 3. The van der Waals surface area contributed by atoms with Gasteiger partial charge in [-0.3, -0.25) is 14.4 Å². The molecule has 0 bridgehead atoms. The monoisotopic (exact) mass is 1030 g/mol. The van der Waals surface area contributed by atoms with Gasteiger partial charge in [-0.05, 0) is 109 Å². The molecule has 0 aliphatic heterocycles. The minimum absolute atomic E-state index is 0.117. The van der Waals surface area contributed by atoms with Crippen molar-refractivity contribution in [1.29, 1.82) is 0 Å². The van der Waals surface area contributed by atoms with Gasteiger partial charge in [0.15, 0.2) is 6.10 Å². The number of ether oxygens (including phenoxy) is 3. The molecule has 1 atom stereocenters. The van der Waals surface area contributed by atoms with Crippen molar-refractivity contribution in [3.63, 3.8) is 0 Å². The van der Waals surface area contributed by atoms with E-state index in [0.717, 1.165) is 128 Å². The Morgan fingerprint density at radius 2 is 0.547 bits per heavy atom. The van der Waals surface area contributed by atoms with E-state index in [1.807, 2.05) is 12.2 Å². The summed E-state index contributed by atoms with van der Waals surface area (Å²) in [6, 6.07) is 0. The van der Waals surface area contributed by atoms with Gasteiger partial charge >= 0.3 is 17.9 Å². The molecular weight excluding hydrogens is 925 g/mol. The molecule has 6 heteroatoms. The molecule has 0 saturated carbocycles. The Bertz CT molecular complexity index is 1660. The minimum atomic E-state index is -0.822. The average molecular weight is 1040 g/mol. The van der Waals surface area contributed by atoms with Crippen LogP contribution in [-0.4, -0.2) is 37.2 Å². The summed E-state index contributed by atoms with van der Waals surface area (Å²) in [6.45, 7) is 6.32. The number of unbranched alkanes of at least 4 members (excludes halogenated alkanes) is 18. The molecular formula is C69H110O6. The van der Waals surface area contributed by atoms with E-state index >= 15 is 0 Å². The maximum atomic E-state index is 12.9. The lowest BCUT2D eigenvalue weighted by Crippen LogP contribution is -2.30. The van der Waals surface area contributed by atoms with Gasteiger partial charge < -0.3 is 14.2 Å². The van der Waals surface area contributed by atoms with Gasteiger partial charge in [-0.1, -0.05) is 269 Å². The van der Waals surface area contributed by atoms with Gasteiger partial charge in [0.05, 0.1) is 0 Å². The highest BCUT2D eigenvalue weighted by atomic mass is 16.6. The normalized spacial score (nSPS) is 13.2. The summed E-state index contributed by atoms with van der Waals surface area (Å²) in [6.07, 6.45) is 88.6. The van der Waals surface area contributed by atoms with Crippen LogP contribution in [-0.2, 0) is 28.6 Å². The smallest absolute Gasteiger partial charge is 0.306 e. The summed E-state index contributed by atoms with van der Waals surface area (Å²) >= 11 is 0. The zero-order valence-corrected chi connectivity index (χ0v) is 48.3. The molecule has 75 heavy (non-hydrogen) atoms. The van der Waals surface area contributed by atoms with E-state index in [-0.39, 0.29) is 37.5 Å². The second-order valence-corrected chi connectivity index (χ2v) is 19.5. The largest absolute Gasteiger partial charge is 0.462 e. The molecule has 0 aromatic rings. The number of hydrogen-bond acceptors (Lipinski definition) is 6. The number of esters is 3. The molecule has 0 saturated heterocycles. The van der Waals surface area contributed by atoms with Gasteiger partial charge in [0.25, 0.3) is 0 Å². The van der Waals surface area contributed by atoms with E-state index in [4.69, 9.17) is 14.2 Å². The third kappa shape index (κ3) is 60.0. The molecule has 0 rings (SSSR count). The molecule has 1 unspecified atom stereocenters. The zero-order valence-electron chi connectivity index (χ0n) is 48.3. The highest BCUT2D eigenvalue weighted by molar-refractivity contribution is 5.71. The van der Waals surface area contributed by atoms with E-state index in [0.29, 0.717) is 19.3 Å². The summed E-state index contributed by atoms with van der Waals surface area (Å²) in [7, 11) is 0. The van der Waals surface area contributed by atoms with Crippen LogP contribution in [0.4, 0.5) is 0 Å². The van der Waals surface area contributed by atoms with Gasteiger partial charge in [-0.15, -0.1) is 0 Å². The summed E-state index contributed by atoms with van der Waals surface area (Å²) in [5, 5.41) is 0. The first-order valence-corrected chi connectivity index (χ1v) is 30.3. The van der Waals surface area contributed by atoms with Gasteiger partial charge in [0.1, 0.15) is 13.2 Å². The van der Waals surface area contributed by atoms with Crippen LogP contribution in [0.1, 0.15) is 252 Å². The van der Waals surface area contributed by atoms with Crippen molar-refractivity contribution >= 4 is 17.9 Å². The van der Waals surface area contributed by atoms with Crippen LogP contribution >= 0.6 is 0 Å². The average Bonchev–Trinajstić information content (AvgIpc) is 3.41. The van der Waals surface area contributed by atoms with Crippen LogP contribution in [0, 0.1) is 0 Å². The summed E-state index contributed by atoms with van der Waals surface area (Å²) in [5.41, 5.74) is 0. The fraction of sp³-hybridized carbons (Fsp3) is 0.609. The fourth-order valence-electron chi connectivity index (χ4n) is 7.88. The van der Waals surface area contributed by atoms with Crippen molar-refractivity contribution in [3.05, 3.63) is 146 Å². The predicted octanol–water partition coefficient (Wildman–Crippen LogP) is 20.8. The third-order valence-corrected chi connectivity index (χ3v) is 12.4. The van der Waals surface area contributed by atoms with Crippen LogP contribution in [0.2, 0.25) is 0 Å². The van der Waals surface area contributed by atoms with Crippen molar-refractivity contribution in [3.8, 4) is 0 Å². The maximum Gasteiger partial charge on any atom is 0.306 e. The summed E-state index contributed by atoms with van der Waals surface area (Å²) in [4.78, 5) is 38.1. The number of allylic oxidation sites excluding steroid dienone is 24. The number of hydrogen-bond donors (Lipinski definition) is 0. The molecule has 0 aromatic carbocycles. The second-order valence-electron chi connectivity index (χ2n) is 19.5. The Morgan fingerprint density at radius 3 is 0.893 bits per heavy atom. The summed E-state index contributed by atoms with van der Waals surface area (Å²) < 4.78 is 16.8. The Morgan fingerprint density at radius 1 is 0.280 bits per heavy atom. The molecule has 0 aliphatic carbocycles. The Hall–Kier alpha value is -4.71. The van der Waals surface area contributed by atoms with E-state index in [1.54, 1.807) is 0 Å². The molecule has 422 valence electrons. The third-order valence-electron chi connectivity index (χ3n) is 12.4. The standard InChI is InChI=1S/C69H110O6/c1-4-7-10-13-16-19-22-25-27-28-29-30-31-32-33-34-35-36-37-38-39-40-42-44-47-50-53-56-59-62-68(71)74-65-66(64-73-67(70)61-58-55-52-49-46-43-24-21-18-15-12-9-6-3)75-69(72)63-60-57-54-51-48-45-41-26-23-20-17-14-11-8-5-2/h7,9-10,12,16,18-19,21,25,27,29-30,32-33,35-36,38-39,42-44,46,52,55,66H,4-6,8,11,13-15,17,20,22-24,26,28,31,34,37,40-41,45,47-51,53-54,56-65H2,1-3H3/b10-7-,12-9-,19-16-,21-18-,27-25-,30-29-,33-32-,36-35-,39-38-,44-42-,46-43-,55-52-. The van der Waals surface area contributed by atoms with Gasteiger partial charge in [0.2, 0.25) is 0 Å². The quantitative estimate of drug-likeness (QED) is 0.0261. The molecule has 0 N–H and O–H groups in total. The van der Waals surface area contributed by atoms with Crippen molar-refractivity contribution < 1.29 is 28.6 Å². The highest BCUT2D eigenvalue weighted by Gasteiger charge is 2.19. The fourth-order valence-corrected chi connectivity index (χ4v) is 7.88. The van der Waals surface area contributed by atoms with E-state index < -0.39 is 6.10 Å². The first kappa shape index (κ1) is 70.3. The first-order valence-electron chi connectivity index (χ1n) is 30.3. The van der Waals surface area contributed by atoms with Crippen LogP contribution in [0.25, 0.3) is 0 Å². The molecule has 0 radical (unpaired) electrons. The Labute approximate surface area is 461 Å². The molecule has 0 aliphatic rings. The lowest BCUT2D eigenvalue weighted by Gasteiger charge is -2.18.